The zero-order valence-electron chi connectivity index (χ0n) is 9.52. The van der Waals surface area contributed by atoms with Gasteiger partial charge in [0, 0.05) is 5.56 Å². The molecular formula is C12H14O4. The van der Waals surface area contributed by atoms with E-state index in [9.17, 15) is 4.79 Å². The van der Waals surface area contributed by atoms with Gasteiger partial charge in [-0.3, -0.25) is 0 Å². The van der Waals surface area contributed by atoms with Gasteiger partial charge in [-0.05, 0) is 24.3 Å². The molecule has 4 heteroatoms. The summed E-state index contributed by atoms with van der Waals surface area (Å²) in [7, 11) is 4.41. The first-order chi connectivity index (χ1) is 7.71. The molecule has 0 aliphatic heterocycles. The molecule has 0 atom stereocenters. The van der Waals surface area contributed by atoms with E-state index in [2.05, 4.69) is 4.74 Å². The summed E-state index contributed by atoms with van der Waals surface area (Å²) in [6.07, 6.45) is 1.29. The van der Waals surface area contributed by atoms with Gasteiger partial charge < -0.3 is 14.2 Å². The fourth-order valence-corrected chi connectivity index (χ4v) is 1.18. The third-order valence-electron chi connectivity index (χ3n) is 2.04. The third kappa shape index (κ3) is 3.02. The molecule has 1 rings (SSSR count). The van der Waals surface area contributed by atoms with Crippen LogP contribution in [-0.2, 0) is 14.3 Å². The molecule has 0 aliphatic carbocycles. The lowest BCUT2D eigenvalue weighted by atomic mass is 10.1. The van der Waals surface area contributed by atoms with Gasteiger partial charge in [-0.15, -0.1) is 0 Å². The Morgan fingerprint density at radius 3 is 2.12 bits per heavy atom. The highest BCUT2D eigenvalue weighted by atomic mass is 16.5. The summed E-state index contributed by atoms with van der Waals surface area (Å²) in [5.41, 5.74) is 0.786. The van der Waals surface area contributed by atoms with Crippen molar-refractivity contribution < 1.29 is 19.0 Å². The van der Waals surface area contributed by atoms with E-state index in [1.54, 1.807) is 31.4 Å². The standard InChI is InChI=1S/C12H14O4/c1-14-10-6-4-9(5-7-10)11(15-2)8-12(13)16-3/h4-8H,1-3H3/b11-8+. The minimum Gasteiger partial charge on any atom is -0.497 e. The van der Waals surface area contributed by atoms with Crippen molar-refractivity contribution in [1.29, 1.82) is 0 Å². The van der Waals surface area contributed by atoms with Crippen molar-refractivity contribution in [3.05, 3.63) is 35.9 Å². The van der Waals surface area contributed by atoms with Crippen LogP contribution < -0.4 is 4.74 Å². The fraction of sp³-hybridized carbons (Fsp3) is 0.250. The molecule has 16 heavy (non-hydrogen) atoms. The van der Waals surface area contributed by atoms with Gasteiger partial charge in [-0.25, -0.2) is 4.79 Å². The van der Waals surface area contributed by atoms with E-state index in [4.69, 9.17) is 9.47 Å². The molecule has 0 aromatic heterocycles. The first-order valence-electron chi connectivity index (χ1n) is 4.69. The van der Waals surface area contributed by atoms with Crippen LogP contribution in [-0.4, -0.2) is 27.3 Å². The van der Waals surface area contributed by atoms with E-state index < -0.39 is 5.97 Å². The molecule has 0 aliphatic rings. The van der Waals surface area contributed by atoms with Gasteiger partial charge in [-0.2, -0.15) is 0 Å². The molecule has 0 radical (unpaired) electrons. The molecule has 0 N–H and O–H groups in total. The molecule has 0 saturated heterocycles. The Labute approximate surface area is 94.4 Å². The van der Waals surface area contributed by atoms with Gasteiger partial charge in [0.1, 0.15) is 11.5 Å². The summed E-state index contributed by atoms with van der Waals surface area (Å²) in [4.78, 5) is 11.1. The number of rotatable bonds is 4. The maximum absolute atomic E-state index is 11.1. The minimum absolute atomic E-state index is 0.451. The van der Waals surface area contributed by atoms with E-state index in [0.29, 0.717) is 5.76 Å². The molecule has 0 saturated carbocycles. The Bertz CT molecular complexity index is 379. The average Bonchev–Trinajstić information content (AvgIpc) is 2.35. The van der Waals surface area contributed by atoms with Gasteiger partial charge in [0.15, 0.2) is 0 Å². The lowest BCUT2D eigenvalue weighted by Crippen LogP contribution is -1.98. The lowest BCUT2D eigenvalue weighted by Gasteiger charge is -2.06. The molecule has 0 fully saturated rings. The maximum Gasteiger partial charge on any atom is 0.334 e. The summed E-state index contributed by atoms with van der Waals surface area (Å²) in [6.45, 7) is 0. The van der Waals surface area contributed by atoms with Crippen molar-refractivity contribution in [3.63, 3.8) is 0 Å². The molecule has 1 aromatic rings. The van der Waals surface area contributed by atoms with Crippen molar-refractivity contribution in [1.82, 2.24) is 0 Å². The van der Waals surface area contributed by atoms with Crippen LogP contribution in [0.25, 0.3) is 5.76 Å². The highest BCUT2D eigenvalue weighted by Gasteiger charge is 2.05. The van der Waals surface area contributed by atoms with Gasteiger partial charge in [0.25, 0.3) is 0 Å². The van der Waals surface area contributed by atoms with E-state index >= 15 is 0 Å². The maximum atomic E-state index is 11.1. The van der Waals surface area contributed by atoms with Crippen LogP contribution in [0.1, 0.15) is 5.56 Å². The van der Waals surface area contributed by atoms with E-state index in [1.165, 1.54) is 20.3 Å². The molecule has 86 valence electrons. The van der Waals surface area contributed by atoms with Crippen LogP contribution in [0.15, 0.2) is 30.3 Å². The Morgan fingerprint density at radius 2 is 1.69 bits per heavy atom. The summed E-state index contributed by atoms with van der Waals surface area (Å²) in [5.74, 6) is 0.749. The summed E-state index contributed by atoms with van der Waals surface area (Å²) in [5, 5.41) is 0. The van der Waals surface area contributed by atoms with E-state index in [0.717, 1.165) is 11.3 Å². The molecular weight excluding hydrogens is 208 g/mol. The number of ether oxygens (including phenoxy) is 3. The zero-order chi connectivity index (χ0) is 12.0. The first-order valence-corrected chi connectivity index (χ1v) is 4.69. The Kier molecular flexibility index (Phi) is 4.39. The second-order valence-electron chi connectivity index (χ2n) is 2.96. The number of hydrogen-bond donors (Lipinski definition) is 0. The predicted molar refractivity (Wildman–Crippen MR) is 60.0 cm³/mol. The highest BCUT2D eigenvalue weighted by molar-refractivity contribution is 5.89. The largest absolute Gasteiger partial charge is 0.497 e. The van der Waals surface area contributed by atoms with Gasteiger partial charge in [0.05, 0.1) is 27.4 Å². The Morgan fingerprint density at radius 1 is 1.06 bits per heavy atom. The topological polar surface area (TPSA) is 44.8 Å². The first kappa shape index (κ1) is 12.1. The van der Waals surface area contributed by atoms with Gasteiger partial charge in [-0.1, -0.05) is 0 Å². The van der Waals surface area contributed by atoms with Crippen LogP contribution in [0.4, 0.5) is 0 Å². The van der Waals surface area contributed by atoms with Crippen molar-refractivity contribution in [3.8, 4) is 5.75 Å². The van der Waals surface area contributed by atoms with Crippen LogP contribution in [0.5, 0.6) is 5.75 Å². The Hall–Kier alpha value is -1.97. The minimum atomic E-state index is -0.451. The smallest absolute Gasteiger partial charge is 0.334 e. The molecule has 0 unspecified atom stereocenters. The predicted octanol–water partition coefficient (Wildman–Crippen LogP) is 1.86. The van der Waals surface area contributed by atoms with Crippen molar-refractivity contribution >= 4 is 11.7 Å². The van der Waals surface area contributed by atoms with Crippen molar-refractivity contribution in [2.75, 3.05) is 21.3 Å². The van der Waals surface area contributed by atoms with E-state index in [1.807, 2.05) is 0 Å². The van der Waals surface area contributed by atoms with E-state index in [-0.39, 0.29) is 0 Å². The number of carbonyl (C=O) groups excluding carboxylic acids is 1. The van der Waals surface area contributed by atoms with Crippen molar-refractivity contribution in [2.24, 2.45) is 0 Å². The third-order valence-corrected chi connectivity index (χ3v) is 2.04. The molecule has 0 amide bonds. The van der Waals surface area contributed by atoms with Crippen LogP contribution in [0.2, 0.25) is 0 Å². The fourth-order valence-electron chi connectivity index (χ4n) is 1.18. The quantitative estimate of drug-likeness (QED) is 0.443. The van der Waals surface area contributed by atoms with Gasteiger partial charge >= 0.3 is 5.97 Å². The average molecular weight is 222 g/mol. The monoisotopic (exact) mass is 222 g/mol. The van der Waals surface area contributed by atoms with Crippen LogP contribution in [0.3, 0.4) is 0 Å². The number of benzene rings is 1. The number of methoxy groups -OCH3 is 3. The van der Waals surface area contributed by atoms with Crippen molar-refractivity contribution in [2.45, 2.75) is 0 Å². The van der Waals surface area contributed by atoms with Gasteiger partial charge in [0.2, 0.25) is 0 Å². The van der Waals surface area contributed by atoms with Crippen LogP contribution >= 0.6 is 0 Å². The second kappa shape index (κ2) is 5.80. The Balaban J connectivity index is 2.95. The number of carbonyl (C=O) groups is 1. The SMILES string of the molecule is COC(=O)/C=C(/OC)c1ccc(OC)cc1. The molecule has 1 aromatic carbocycles. The molecule has 0 spiro atoms. The normalized spacial score (nSPS) is 10.8. The summed E-state index contributed by atoms with van der Waals surface area (Å²) < 4.78 is 14.7. The van der Waals surface area contributed by atoms with Crippen LogP contribution in [0, 0.1) is 0 Å². The molecule has 0 heterocycles. The number of esters is 1. The molecule has 4 nitrogen and oxygen atoms in total. The molecule has 0 bridgehead atoms. The summed E-state index contributed by atoms with van der Waals surface area (Å²) >= 11 is 0. The lowest BCUT2D eigenvalue weighted by molar-refractivity contribution is -0.134. The number of hydrogen-bond acceptors (Lipinski definition) is 4. The second-order valence-corrected chi connectivity index (χ2v) is 2.96. The summed E-state index contributed by atoms with van der Waals surface area (Å²) in [6, 6.07) is 7.19. The zero-order valence-corrected chi connectivity index (χ0v) is 9.52. The highest BCUT2D eigenvalue weighted by Crippen LogP contribution is 2.19.